The van der Waals surface area contributed by atoms with Gasteiger partial charge in [-0.15, -0.1) is 5.10 Å². The highest BCUT2D eigenvalue weighted by atomic mass is 32.2. The molecule has 0 unspecified atom stereocenters. The van der Waals surface area contributed by atoms with Gasteiger partial charge in [-0.1, -0.05) is 17.8 Å². The zero-order valence-electron chi connectivity index (χ0n) is 17.0. The molecule has 4 aliphatic carbocycles. The van der Waals surface area contributed by atoms with E-state index in [-0.39, 0.29) is 17.1 Å². The van der Waals surface area contributed by atoms with Gasteiger partial charge in [-0.05, 0) is 74.5 Å². The molecule has 158 valence electrons. The average Bonchev–Trinajstić information content (AvgIpc) is 3.21. The van der Waals surface area contributed by atoms with Gasteiger partial charge in [0.15, 0.2) is 0 Å². The van der Waals surface area contributed by atoms with Crippen molar-refractivity contribution in [3.63, 3.8) is 0 Å². The lowest BCUT2D eigenvalue weighted by Gasteiger charge is -2.55. The minimum Gasteiger partial charge on any atom is -0.465 e. The topological polar surface area (TPSA) is 97.0 Å². The number of esters is 1. The van der Waals surface area contributed by atoms with Crippen LogP contribution in [0.1, 0.15) is 54.7 Å². The first-order valence-electron chi connectivity index (χ1n) is 10.6. The molecule has 4 aliphatic rings. The molecule has 0 saturated heterocycles. The Hall–Kier alpha value is -2.35. The van der Waals surface area contributed by atoms with Crippen LogP contribution >= 0.6 is 11.8 Å². The highest BCUT2D eigenvalue weighted by Gasteiger charge is 2.53. The first kappa shape index (κ1) is 19.6. The Morgan fingerprint density at radius 1 is 1.20 bits per heavy atom. The molecule has 0 spiro atoms. The zero-order chi connectivity index (χ0) is 20.7. The van der Waals surface area contributed by atoms with Crippen LogP contribution in [0.3, 0.4) is 0 Å². The van der Waals surface area contributed by atoms with Crippen molar-refractivity contribution in [1.82, 2.24) is 15.2 Å². The summed E-state index contributed by atoms with van der Waals surface area (Å²) >= 11 is 1.33. The van der Waals surface area contributed by atoms with Crippen molar-refractivity contribution in [2.45, 2.75) is 49.1 Å². The number of rotatable bonds is 6. The number of aromatic amines is 1. The maximum absolute atomic E-state index is 12.4. The van der Waals surface area contributed by atoms with Crippen LogP contribution in [0.4, 0.5) is 5.69 Å². The van der Waals surface area contributed by atoms with Crippen molar-refractivity contribution in [2.24, 2.45) is 17.8 Å². The number of ether oxygens (including phenoxy) is 1. The van der Waals surface area contributed by atoms with Gasteiger partial charge in [0.1, 0.15) is 5.82 Å². The monoisotopic (exact) mass is 426 g/mol. The van der Waals surface area contributed by atoms with Crippen molar-refractivity contribution >= 4 is 29.3 Å². The third-order valence-corrected chi connectivity index (χ3v) is 7.75. The van der Waals surface area contributed by atoms with E-state index in [1.54, 1.807) is 24.3 Å². The van der Waals surface area contributed by atoms with Gasteiger partial charge in [-0.2, -0.15) is 0 Å². The molecule has 4 fully saturated rings. The van der Waals surface area contributed by atoms with E-state index in [1.807, 2.05) is 0 Å². The van der Waals surface area contributed by atoms with Gasteiger partial charge in [0.05, 0.1) is 18.4 Å². The molecule has 6 rings (SSSR count). The summed E-state index contributed by atoms with van der Waals surface area (Å²) in [6, 6.07) is 6.71. The Bertz CT molecular complexity index is 938. The van der Waals surface area contributed by atoms with Crippen LogP contribution in [0.15, 0.2) is 29.4 Å². The number of anilines is 1. The Morgan fingerprint density at radius 3 is 2.57 bits per heavy atom. The molecule has 1 heterocycles. The van der Waals surface area contributed by atoms with Crippen LogP contribution in [0.5, 0.6) is 0 Å². The molecule has 4 saturated carbocycles. The van der Waals surface area contributed by atoms with Crippen molar-refractivity contribution in [3.05, 3.63) is 35.7 Å². The maximum atomic E-state index is 12.4. The van der Waals surface area contributed by atoms with Gasteiger partial charge in [-0.3, -0.25) is 9.89 Å². The highest BCUT2D eigenvalue weighted by molar-refractivity contribution is 7.99. The van der Waals surface area contributed by atoms with E-state index in [0.717, 1.165) is 23.6 Å². The quantitative estimate of drug-likeness (QED) is 0.539. The Balaban J connectivity index is 1.20. The molecule has 0 aliphatic heterocycles. The van der Waals surface area contributed by atoms with E-state index in [4.69, 9.17) is 9.72 Å². The number of carbonyl (C=O) groups is 2. The van der Waals surface area contributed by atoms with Crippen molar-refractivity contribution in [3.8, 4) is 0 Å². The molecule has 8 heteroatoms. The first-order valence-corrected chi connectivity index (χ1v) is 11.6. The molecular formula is C22H26N4O3S. The van der Waals surface area contributed by atoms with Crippen molar-refractivity contribution in [1.29, 1.82) is 0 Å². The molecule has 1 aromatic heterocycles. The number of aromatic nitrogens is 3. The number of thioether (sulfide) groups is 1. The normalized spacial score (nSPS) is 29.0. The molecule has 2 aromatic rings. The molecule has 0 atom stereocenters. The molecule has 30 heavy (non-hydrogen) atoms. The smallest absolute Gasteiger partial charge is 0.337 e. The van der Waals surface area contributed by atoms with E-state index >= 15 is 0 Å². The van der Waals surface area contributed by atoms with E-state index in [9.17, 15) is 9.59 Å². The van der Waals surface area contributed by atoms with Gasteiger partial charge < -0.3 is 10.1 Å². The van der Waals surface area contributed by atoms with Crippen molar-refractivity contribution < 1.29 is 14.3 Å². The fourth-order valence-corrected chi connectivity index (χ4v) is 6.72. The maximum Gasteiger partial charge on any atom is 0.337 e. The van der Waals surface area contributed by atoms with Crippen LogP contribution in [0, 0.1) is 17.8 Å². The number of hydrogen-bond acceptors (Lipinski definition) is 6. The van der Waals surface area contributed by atoms with Crippen LogP contribution in [-0.2, 0) is 14.9 Å². The summed E-state index contributed by atoms with van der Waals surface area (Å²) in [6.07, 6.45) is 7.88. The second-order valence-corrected chi connectivity index (χ2v) is 10.0. The summed E-state index contributed by atoms with van der Waals surface area (Å²) in [6.45, 7) is 0. The van der Waals surface area contributed by atoms with Crippen LogP contribution in [-0.4, -0.2) is 39.9 Å². The summed E-state index contributed by atoms with van der Waals surface area (Å²) in [5.41, 5.74) is 1.14. The second kappa shape index (κ2) is 7.72. The number of nitrogens with zero attached hydrogens (tertiary/aromatic N) is 2. The van der Waals surface area contributed by atoms with Gasteiger partial charge in [0.2, 0.25) is 11.1 Å². The van der Waals surface area contributed by atoms with Crippen LogP contribution < -0.4 is 5.32 Å². The van der Waals surface area contributed by atoms with E-state index in [1.165, 1.54) is 57.4 Å². The van der Waals surface area contributed by atoms with E-state index in [0.29, 0.717) is 16.4 Å². The predicted molar refractivity (Wildman–Crippen MR) is 113 cm³/mol. The van der Waals surface area contributed by atoms with E-state index < -0.39 is 5.97 Å². The second-order valence-electron chi connectivity index (χ2n) is 9.07. The molecule has 4 bridgehead atoms. The minimum absolute atomic E-state index is 0.164. The lowest BCUT2D eigenvalue weighted by atomic mass is 9.49. The molecular weight excluding hydrogens is 400 g/mol. The molecule has 1 aromatic carbocycles. The molecule has 1 amide bonds. The SMILES string of the molecule is COC(=O)c1cccc(NC(=O)CSc2n[nH]c(C34CC5CC(CC(C5)C3)C4)n2)c1. The summed E-state index contributed by atoms with van der Waals surface area (Å²) < 4.78 is 4.72. The lowest BCUT2D eigenvalue weighted by Crippen LogP contribution is -2.49. The Morgan fingerprint density at radius 2 is 1.90 bits per heavy atom. The van der Waals surface area contributed by atoms with Gasteiger partial charge in [0, 0.05) is 11.1 Å². The molecule has 2 N–H and O–H groups in total. The third-order valence-electron chi connectivity index (χ3n) is 6.91. The first-order chi connectivity index (χ1) is 14.5. The number of methoxy groups -OCH3 is 1. The number of H-pyrrole nitrogens is 1. The minimum atomic E-state index is -0.432. The largest absolute Gasteiger partial charge is 0.465 e. The fourth-order valence-electron chi connectivity index (χ4n) is 6.12. The molecule has 7 nitrogen and oxygen atoms in total. The van der Waals surface area contributed by atoms with Gasteiger partial charge in [-0.25, -0.2) is 9.78 Å². The van der Waals surface area contributed by atoms with E-state index in [2.05, 4.69) is 15.5 Å². The number of benzene rings is 1. The van der Waals surface area contributed by atoms with Crippen LogP contribution in [0.2, 0.25) is 0 Å². The standard InChI is InChI=1S/C22H26N4O3S/c1-29-19(28)16-3-2-4-17(8-16)23-18(27)12-30-21-24-20(25-26-21)22-9-13-5-14(10-22)7-15(6-13)11-22/h2-4,8,13-15H,5-7,9-12H2,1H3,(H,23,27)(H,24,25,26). The zero-order valence-corrected chi connectivity index (χ0v) is 17.8. The number of carbonyl (C=O) groups excluding carboxylic acids is 2. The number of hydrogen-bond donors (Lipinski definition) is 2. The summed E-state index contributed by atoms with van der Waals surface area (Å²) in [7, 11) is 1.33. The highest BCUT2D eigenvalue weighted by Crippen LogP contribution is 2.60. The number of amides is 1. The Labute approximate surface area is 179 Å². The Kier molecular flexibility index (Phi) is 5.05. The molecule has 0 radical (unpaired) electrons. The predicted octanol–water partition coefficient (Wildman–Crippen LogP) is 3.79. The fraction of sp³-hybridized carbons (Fsp3) is 0.545. The average molecular weight is 427 g/mol. The lowest BCUT2D eigenvalue weighted by molar-refractivity contribution is -0.113. The van der Waals surface area contributed by atoms with Gasteiger partial charge in [0.25, 0.3) is 0 Å². The van der Waals surface area contributed by atoms with Crippen LogP contribution in [0.25, 0.3) is 0 Å². The summed E-state index contributed by atoms with van der Waals surface area (Å²) in [5.74, 6) is 3.19. The summed E-state index contributed by atoms with van der Waals surface area (Å²) in [4.78, 5) is 28.8. The van der Waals surface area contributed by atoms with Crippen molar-refractivity contribution in [2.75, 3.05) is 18.2 Å². The number of nitrogens with one attached hydrogen (secondary N) is 2. The van der Waals surface area contributed by atoms with Gasteiger partial charge >= 0.3 is 5.97 Å². The third kappa shape index (κ3) is 3.73. The summed E-state index contributed by atoms with van der Waals surface area (Å²) in [5, 5.41) is 11.0.